The molecule has 0 aliphatic carbocycles. The number of nitrogens with one attached hydrogen (secondary N) is 1. The normalized spacial score (nSPS) is 12.4. The number of hydrogen-bond acceptors (Lipinski definition) is 4. The molecule has 1 atom stereocenters. The predicted molar refractivity (Wildman–Crippen MR) is 82.4 cm³/mol. The van der Waals surface area contributed by atoms with Crippen molar-refractivity contribution in [3.05, 3.63) is 46.2 Å². The summed E-state index contributed by atoms with van der Waals surface area (Å²) in [5.74, 6) is 6.53. The van der Waals surface area contributed by atoms with Crippen LogP contribution in [0, 0.1) is 0 Å². The van der Waals surface area contributed by atoms with Crippen LogP contribution in [-0.2, 0) is 13.0 Å². The standard InChI is InChI=1S/C14H19BrN4O/c1-3-19-9-10(8-17-19)6-14(18-16)12-7-11(20-2)4-5-13(12)15/h4-5,7-9,14,18H,3,6,16H2,1-2H3. The summed E-state index contributed by atoms with van der Waals surface area (Å²) in [6.07, 6.45) is 4.68. The van der Waals surface area contributed by atoms with Gasteiger partial charge in [-0.2, -0.15) is 5.10 Å². The molecule has 0 aliphatic heterocycles. The second-order valence-corrected chi connectivity index (χ2v) is 5.37. The number of aromatic nitrogens is 2. The lowest BCUT2D eigenvalue weighted by Crippen LogP contribution is -2.29. The van der Waals surface area contributed by atoms with Crippen molar-refractivity contribution in [1.82, 2.24) is 15.2 Å². The molecule has 0 bridgehead atoms. The Hall–Kier alpha value is -1.37. The number of aryl methyl sites for hydroxylation is 1. The zero-order valence-electron chi connectivity index (χ0n) is 11.6. The number of halogens is 1. The highest BCUT2D eigenvalue weighted by atomic mass is 79.9. The molecule has 1 aromatic carbocycles. The van der Waals surface area contributed by atoms with Crippen LogP contribution < -0.4 is 16.0 Å². The molecule has 0 saturated heterocycles. The smallest absolute Gasteiger partial charge is 0.119 e. The highest BCUT2D eigenvalue weighted by molar-refractivity contribution is 9.10. The molecule has 0 aliphatic rings. The summed E-state index contributed by atoms with van der Waals surface area (Å²) in [4.78, 5) is 0. The Kier molecular flexibility index (Phi) is 5.17. The maximum atomic E-state index is 5.71. The van der Waals surface area contributed by atoms with Gasteiger partial charge in [0.2, 0.25) is 0 Å². The molecule has 0 fully saturated rings. The van der Waals surface area contributed by atoms with Gasteiger partial charge < -0.3 is 4.74 Å². The zero-order valence-corrected chi connectivity index (χ0v) is 13.2. The van der Waals surface area contributed by atoms with Gasteiger partial charge in [-0.25, -0.2) is 0 Å². The third-order valence-corrected chi connectivity index (χ3v) is 3.95. The number of nitrogens with zero attached hydrogens (tertiary/aromatic N) is 2. The summed E-state index contributed by atoms with van der Waals surface area (Å²) >= 11 is 3.56. The average molecular weight is 339 g/mol. The number of rotatable bonds is 6. The molecular weight excluding hydrogens is 320 g/mol. The minimum absolute atomic E-state index is 0.00557. The quantitative estimate of drug-likeness (QED) is 0.627. The van der Waals surface area contributed by atoms with E-state index >= 15 is 0 Å². The van der Waals surface area contributed by atoms with Crippen LogP contribution in [0.2, 0.25) is 0 Å². The number of hydrogen-bond donors (Lipinski definition) is 2. The second-order valence-electron chi connectivity index (χ2n) is 4.52. The average Bonchev–Trinajstić information content (AvgIpc) is 2.93. The number of ether oxygens (including phenoxy) is 1. The lowest BCUT2D eigenvalue weighted by Gasteiger charge is -2.18. The highest BCUT2D eigenvalue weighted by Crippen LogP contribution is 2.29. The first-order chi connectivity index (χ1) is 9.67. The molecule has 20 heavy (non-hydrogen) atoms. The van der Waals surface area contributed by atoms with Gasteiger partial charge in [-0.3, -0.25) is 16.0 Å². The lowest BCUT2D eigenvalue weighted by atomic mass is 10.0. The van der Waals surface area contributed by atoms with Gasteiger partial charge >= 0.3 is 0 Å². The van der Waals surface area contributed by atoms with Gasteiger partial charge in [0.1, 0.15) is 5.75 Å². The Balaban J connectivity index is 2.23. The minimum Gasteiger partial charge on any atom is -0.497 e. The molecule has 2 aromatic rings. The maximum Gasteiger partial charge on any atom is 0.119 e. The Morgan fingerprint density at radius 3 is 2.90 bits per heavy atom. The monoisotopic (exact) mass is 338 g/mol. The minimum atomic E-state index is -0.00557. The number of nitrogens with two attached hydrogens (primary N) is 1. The van der Waals surface area contributed by atoms with Crippen LogP contribution in [0.15, 0.2) is 35.1 Å². The topological polar surface area (TPSA) is 65.1 Å². The van der Waals surface area contributed by atoms with E-state index in [0.717, 1.165) is 34.3 Å². The summed E-state index contributed by atoms with van der Waals surface area (Å²) in [5.41, 5.74) is 5.07. The van der Waals surface area contributed by atoms with Crippen LogP contribution >= 0.6 is 15.9 Å². The van der Waals surface area contributed by atoms with Crippen LogP contribution in [-0.4, -0.2) is 16.9 Å². The van der Waals surface area contributed by atoms with Crippen LogP contribution in [0.5, 0.6) is 5.75 Å². The fourth-order valence-electron chi connectivity index (χ4n) is 2.09. The molecule has 1 heterocycles. The largest absolute Gasteiger partial charge is 0.497 e. The van der Waals surface area contributed by atoms with E-state index in [2.05, 4.69) is 33.4 Å². The molecule has 3 N–H and O–H groups in total. The first-order valence-electron chi connectivity index (χ1n) is 6.48. The molecule has 1 aromatic heterocycles. The number of hydrazine groups is 1. The fourth-order valence-corrected chi connectivity index (χ4v) is 2.62. The molecule has 108 valence electrons. The highest BCUT2D eigenvalue weighted by Gasteiger charge is 2.15. The zero-order chi connectivity index (χ0) is 14.5. The predicted octanol–water partition coefficient (Wildman–Crippen LogP) is 2.42. The van der Waals surface area contributed by atoms with Crippen molar-refractivity contribution in [2.75, 3.05) is 7.11 Å². The van der Waals surface area contributed by atoms with Gasteiger partial charge in [0.15, 0.2) is 0 Å². The first kappa shape index (κ1) is 15.0. The van der Waals surface area contributed by atoms with Crippen LogP contribution in [0.1, 0.15) is 24.1 Å². The van der Waals surface area contributed by atoms with Gasteiger partial charge in [-0.05, 0) is 42.7 Å². The van der Waals surface area contributed by atoms with E-state index in [0.29, 0.717) is 0 Å². The Bertz CT molecular complexity index is 570. The van der Waals surface area contributed by atoms with E-state index in [1.165, 1.54) is 0 Å². The Morgan fingerprint density at radius 1 is 1.50 bits per heavy atom. The summed E-state index contributed by atoms with van der Waals surface area (Å²) in [6.45, 7) is 2.93. The second kappa shape index (κ2) is 6.88. The van der Waals surface area contributed by atoms with Crippen molar-refractivity contribution >= 4 is 15.9 Å². The number of methoxy groups -OCH3 is 1. The first-order valence-corrected chi connectivity index (χ1v) is 7.28. The summed E-state index contributed by atoms with van der Waals surface area (Å²) in [7, 11) is 1.66. The number of benzene rings is 1. The molecular formula is C14H19BrN4O. The van der Waals surface area contributed by atoms with Crippen molar-refractivity contribution in [3.63, 3.8) is 0 Å². The molecule has 0 amide bonds. The van der Waals surface area contributed by atoms with Gasteiger partial charge in [0.25, 0.3) is 0 Å². The Labute approximate surface area is 127 Å². The molecule has 1 unspecified atom stereocenters. The maximum absolute atomic E-state index is 5.71. The van der Waals surface area contributed by atoms with E-state index < -0.39 is 0 Å². The fraction of sp³-hybridized carbons (Fsp3) is 0.357. The molecule has 6 heteroatoms. The van der Waals surface area contributed by atoms with Crippen molar-refractivity contribution in [3.8, 4) is 5.75 Å². The van der Waals surface area contributed by atoms with Crippen LogP contribution in [0.4, 0.5) is 0 Å². The Morgan fingerprint density at radius 2 is 2.30 bits per heavy atom. The van der Waals surface area contributed by atoms with Gasteiger partial charge in [-0.1, -0.05) is 15.9 Å². The van der Waals surface area contributed by atoms with Crippen molar-refractivity contribution in [2.45, 2.75) is 25.9 Å². The molecule has 0 radical (unpaired) electrons. The van der Waals surface area contributed by atoms with Gasteiger partial charge in [0.05, 0.1) is 19.3 Å². The molecule has 5 nitrogen and oxygen atoms in total. The molecule has 2 rings (SSSR count). The van der Waals surface area contributed by atoms with Gasteiger partial charge in [-0.15, -0.1) is 0 Å². The third kappa shape index (κ3) is 3.39. The summed E-state index contributed by atoms with van der Waals surface area (Å²) in [6, 6.07) is 5.86. The van der Waals surface area contributed by atoms with Crippen molar-refractivity contribution in [1.29, 1.82) is 0 Å². The lowest BCUT2D eigenvalue weighted by molar-refractivity contribution is 0.412. The SMILES string of the molecule is CCn1cc(CC(NN)c2cc(OC)ccc2Br)cn1. The van der Waals surface area contributed by atoms with Crippen LogP contribution in [0.25, 0.3) is 0 Å². The summed E-state index contributed by atoms with van der Waals surface area (Å²) < 4.78 is 8.18. The van der Waals surface area contributed by atoms with E-state index in [-0.39, 0.29) is 6.04 Å². The molecule has 0 spiro atoms. The molecule has 0 saturated carbocycles. The van der Waals surface area contributed by atoms with Gasteiger partial charge in [0, 0.05) is 17.2 Å². The van der Waals surface area contributed by atoms with Crippen LogP contribution in [0.3, 0.4) is 0 Å². The van der Waals surface area contributed by atoms with Crippen molar-refractivity contribution < 1.29 is 4.74 Å². The van der Waals surface area contributed by atoms with E-state index in [4.69, 9.17) is 10.6 Å². The van der Waals surface area contributed by atoms with Crippen molar-refractivity contribution in [2.24, 2.45) is 5.84 Å². The van der Waals surface area contributed by atoms with E-state index in [1.54, 1.807) is 7.11 Å². The third-order valence-electron chi connectivity index (χ3n) is 3.23. The van der Waals surface area contributed by atoms with E-state index in [9.17, 15) is 0 Å². The summed E-state index contributed by atoms with van der Waals surface area (Å²) in [5, 5.41) is 4.28. The van der Waals surface area contributed by atoms with E-state index in [1.807, 2.05) is 35.3 Å².